The van der Waals surface area contributed by atoms with Gasteiger partial charge in [0.25, 0.3) is 0 Å². The minimum atomic E-state index is -0.341. The molecule has 1 aliphatic heterocycles. The molecule has 1 aliphatic rings. The fraction of sp³-hybridized carbons (Fsp3) is 0.312. The van der Waals surface area contributed by atoms with Crippen LogP contribution in [0.25, 0.3) is 0 Å². The first kappa shape index (κ1) is 14.3. The lowest BCUT2D eigenvalue weighted by Crippen LogP contribution is -2.30. The quantitative estimate of drug-likeness (QED) is 0.882. The number of hydrogen-bond acceptors (Lipinski definition) is 5. The van der Waals surface area contributed by atoms with Crippen molar-refractivity contribution < 1.29 is 9.53 Å². The van der Waals surface area contributed by atoms with Crippen molar-refractivity contribution >= 4 is 11.9 Å². The van der Waals surface area contributed by atoms with E-state index in [1.54, 1.807) is 4.68 Å². The summed E-state index contributed by atoms with van der Waals surface area (Å²) >= 11 is 0. The fourth-order valence-electron chi connectivity index (χ4n) is 2.58. The lowest BCUT2D eigenvalue weighted by Gasteiger charge is -2.28. The van der Waals surface area contributed by atoms with Gasteiger partial charge in [-0.25, -0.2) is 9.48 Å². The van der Waals surface area contributed by atoms with Gasteiger partial charge in [0.2, 0.25) is 5.95 Å². The highest BCUT2D eigenvalue weighted by atomic mass is 16.5. The van der Waals surface area contributed by atoms with Gasteiger partial charge in [-0.1, -0.05) is 30.3 Å². The molecule has 22 heavy (non-hydrogen) atoms. The van der Waals surface area contributed by atoms with Gasteiger partial charge >= 0.3 is 5.97 Å². The van der Waals surface area contributed by atoms with Crippen LogP contribution in [0, 0.1) is 0 Å². The maximum absolute atomic E-state index is 12.6. The summed E-state index contributed by atoms with van der Waals surface area (Å²) in [5.41, 5.74) is 2.25. The van der Waals surface area contributed by atoms with Gasteiger partial charge in [-0.3, -0.25) is 0 Å². The number of nitrogens with zero attached hydrogens (tertiary/aromatic N) is 3. The molecular formula is C16H18N4O2. The number of esters is 1. The fourth-order valence-corrected chi connectivity index (χ4v) is 2.58. The van der Waals surface area contributed by atoms with Crippen molar-refractivity contribution in [1.29, 1.82) is 0 Å². The normalized spacial score (nSPS) is 17.2. The van der Waals surface area contributed by atoms with Gasteiger partial charge in [-0.05, 0) is 26.3 Å². The van der Waals surface area contributed by atoms with Crippen LogP contribution >= 0.6 is 0 Å². The van der Waals surface area contributed by atoms with E-state index in [1.807, 2.05) is 51.1 Å². The van der Waals surface area contributed by atoms with E-state index >= 15 is 0 Å². The zero-order valence-corrected chi connectivity index (χ0v) is 12.8. The number of aromatic nitrogens is 3. The smallest absolute Gasteiger partial charge is 0.338 e. The molecule has 0 aliphatic carbocycles. The Bertz CT molecular complexity index is 719. The molecule has 2 aromatic rings. The number of hydrogen-bond donors (Lipinski definition) is 1. The first-order valence-corrected chi connectivity index (χ1v) is 7.21. The lowest BCUT2D eigenvalue weighted by molar-refractivity contribution is -0.143. The van der Waals surface area contributed by atoms with Crippen LogP contribution in [-0.2, 0) is 9.53 Å². The molecule has 6 heteroatoms. The lowest BCUT2D eigenvalue weighted by atomic mass is 9.96. The predicted octanol–water partition coefficient (Wildman–Crippen LogP) is 2.52. The maximum Gasteiger partial charge on any atom is 0.338 e. The van der Waals surface area contributed by atoms with Crippen molar-refractivity contribution in [3.8, 4) is 0 Å². The molecule has 0 saturated carbocycles. The molecule has 0 saturated heterocycles. The zero-order valence-electron chi connectivity index (χ0n) is 12.8. The standard InChI is InChI=1S/C16H18N4O2/c1-10(2)22-15(21)13-11(3)19-16-17-9-18-20(16)14(13)12-7-5-4-6-8-12/h4-10,14H,1-3H3,(H,17,18,19)/t14-/m1/s1. The Labute approximate surface area is 128 Å². The van der Waals surface area contributed by atoms with Gasteiger partial charge in [0.1, 0.15) is 12.4 Å². The number of ether oxygens (including phenoxy) is 1. The number of nitrogens with one attached hydrogen (secondary N) is 1. The summed E-state index contributed by atoms with van der Waals surface area (Å²) < 4.78 is 7.11. The Morgan fingerprint density at radius 1 is 1.32 bits per heavy atom. The van der Waals surface area contributed by atoms with E-state index in [1.165, 1.54) is 6.33 Å². The molecule has 6 nitrogen and oxygen atoms in total. The Morgan fingerprint density at radius 2 is 2.05 bits per heavy atom. The second-order valence-corrected chi connectivity index (χ2v) is 5.46. The summed E-state index contributed by atoms with van der Waals surface area (Å²) in [6, 6.07) is 9.42. The average Bonchev–Trinajstić information content (AvgIpc) is 2.93. The number of fused-ring (bicyclic) bond motifs is 1. The summed E-state index contributed by atoms with van der Waals surface area (Å²) in [6.45, 7) is 5.52. The number of carbonyl (C=O) groups excluding carboxylic acids is 1. The molecule has 1 aromatic heterocycles. The van der Waals surface area contributed by atoms with Crippen molar-refractivity contribution in [3.63, 3.8) is 0 Å². The van der Waals surface area contributed by atoms with Crippen LogP contribution in [0.3, 0.4) is 0 Å². The maximum atomic E-state index is 12.6. The third kappa shape index (κ3) is 2.47. The molecule has 114 valence electrons. The second-order valence-electron chi connectivity index (χ2n) is 5.46. The van der Waals surface area contributed by atoms with Gasteiger partial charge in [0.15, 0.2) is 0 Å². The van der Waals surface area contributed by atoms with E-state index in [-0.39, 0.29) is 18.1 Å². The molecule has 1 N–H and O–H groups in total. The predicted molar refractivity (Wildman–Crippen MR) is 82.2 cm³/mol. The highest BCUT2D eigenvalue weighted by molar-refractivity contribution is 5.92. The Balaban J connectivity index is 2.10. The molecule has 0 amide bonds. The molecule has 2 heterocycles. The van der Waals surface area contributed by atoms with Crippen molar-refractivity contribution in [2.24, 2.45) is 0 Å². The van der Waals surface area contributed by atoms with E-state index in [9.17, 15) is 4.79 Å². The van der Waals surface area contributed by atoms with Gasteiger partial charge in [0.05, 0.1) is 11.7 Å². The monoisotopic (exact) mass is 298 g/mol. The van der Waals surface area contributed by atoms with E-state index < -0.39 is 0 Å². The SMILES string of the molecule is CC1=C(C(=O)OC(C)C)[C@@H](c2ccccc2)n2ncnc2N1. The molecule has 0 bridgehead atoms. The van der Waals surface area contributed by atoms with Crippen LogP contribution < -0.4 is 5.32 Å². The number of carbonyl (C=O) groups is 1. The summed E-state index contributed by atoms with van der Waals surface area (Å²) in [5, 5.41) is 7.37. The summed E-state index contributed by atoms with van der Waals surface area (Å²) in [4.78, 5) is 16.7. The average molecular weight is 298 g/mol. The minimum absolute atomic E-state index is 0.179. The van der Waals surface area contributed by atoms with Crippen LogP contribution in [0.1, 0.15) is 32.4 Å². The molecule has 3 rings (SSSR count). The molecular weight excluding hydrogens is 280 g/mol. The Kier molecular flexibility index (Phi) is 3.66. The largest absolute Gasteiger partial charge is 0.459 e. The van der Waals surface area contributed by atoms with Gasteiger partial charge in [-0.15, -0.1) is 0 Å². The van der Waals surface area contributed by atoms with Crippen LogP contribution in [-0.4, -0.2) is 26.8 Å². The van der Waals surface area contributed by atoms with Crippen molar-refractivity contribution in [3.05, 3.63) is 53.5 Å². The minimum Gasteiger partial charge on any atom is -0.459 e. The summed E-state index contributed by atoms with van der Waals surface area (Å²) in [6.07, 6.45) is 1.30. The van der Waals surface area contributed by atoms with Gasteiger partial charge in [-0.2, -0.15) is 10.1 Å². The summed E-state index contributed by atoms with van der Waals surface area (Å²) in [7, 11) is 0. The van der Waals surface area contributed by atoms with Gasteiger partial charge < -0.3 is 10.1 Å². The van der Waals surface area contributed by atoms with E-state index in [0.29, 0.717) is 11.5 Å². The van der Waals surface area contributed by atoms with Crippen LogP contribution in [0.2, 0.25) is 0 Å². The topological polar surface area (TPSA) is 69.0 Å². The number of anilines is 1. The third-order valence-corrected chi connectivity index (χ3v) is 3.47. The highest BCUT2D eigenvalue weighted by Crippen LogP contribution is 2.35. The van der Waals surface area contributed by atoms with E-state index in [0.717, 1.165) is 11.3 Å². The second kappa shape index (κ2) is 5.63. The Morgan fingerprint density at radius 3 is 2.73 bits per heavy atom. The van der Waals surface area contributed by atoms with Crippen LogP contribution in [0.5, 0.6) is 0 Å². The van der Waals surface area contributed by atoms with Crippen molar-refractivity contribution in [1.82, 2.24) is 14.8 Å². The molecule has 0 unspecified atom stereocenters. The van der Waals surface area contributed by atoms with Crippen LogP contribution in [0.4, 0.5) is 5.95 Å². The molecule has 0 spiro atoms. The first-order chi connectivity index (χ1) is 10.6. The zero-order chi connectivity index (χ0) is 15.7. The van der Waals surface area contributed by atoms with Crippen molar-refractivity contribution in [2.75, 3.05) is 5.32 Å². The first-order valence-electron chi connectivity index (χ1n) is 7.21. The molecule has 1 atom stereocenters. The van der Waals surface area contributed by atoms with Crippen molar-refractivity contribution in [2.45, 2.75) is 32.9 Å². The summed E-state index contributed by atoms with van der Waals surface area (Å²) in [5.74, 6) is 0.280. The molecule has 1 aromatic carbocycles. The third-order valence-electron chi connectivity index (χ3n) is 3.47. The Hall–Kier alpha value is -2.63. The number of allylic oxidation sites excluding steroid dienone is 1. The van der Waals surface area contributed by atoms with E-state index in [2.05, 4.69) is 15.4 Å². The molecule has 0 radical (unpaired) electrons. The highest BCUT2D eigenvalue weighted by Gasteiger charge is 2.34. The van der Waals surface area contributed by atoms with E-state index in [4.69, 9.17) is 4.74 Å². The molecule has 0 fully saturated rings. The number of benzene rings is 1. The van der Waals surface area contributed by atoms with Crippen LogP contribution in [0.15, 0.2) is 47.9 Å². The number of rotatable bonds is 3. The van der Waals surface area contributed by atoms with Gasteiger partial charge in [0, 0.05) is 5.70 Å².